The lowest BCUT2D eigenvalue weighted by Gasteiger charge is -2.49. The molecule has 42 heavy (non-hydrogen) atoms. The van der Waals surface area contributed by atoms with Gasteiger partial charge in [0.15, 0.2) is 11.5 Å². The van der Waals surface area contributed by atoms with Crippen LogP contribution in [0.2, 0.25) is 0 Å². The average Bonchev–Trinajstić information content (AvgIpc) is 3.37. The number of phenols is 1. The molecule has 3 fully saturated rings. The fourth-order valence-electron chi connectivity index (χ4n) is 7.57. The number of anilines is 1. The van der Waals surface area contributed by atoms with Crippen LogP contribution in [0.5, 0.6) is 17.2 Å². The highest BCUT2D eigenvalue weighted by Gasteiger charge is 2.68. The Morgan fingerprint density at radius 3 is 2.17 bits per heavy atom. The number of imide groups is 4. The maximum Gasteiger partial charge on any atom is 0.423 e. The lowest BCUT2D eigenvalue weighted by molar-refractivity contribution is -0.138. The third kappa shape index (κ3) is 3.55. The van der Waals surface area contributed by atoms with Crippen LogP contribution in [-0.4, -0.2) is 61.1 Å². The number of benzene rings is 2. The number of amides is 5. The quantitative estimate of drug-likeness (QED) is 0.430. The summed E-state index contributed by atoms with van der Waals surface area (Å²) in [6, 6.07) is 11.9. The maximum absolute atomic E-state index is 14.4. The number of carbonyl (C=O) groups excluding carboxylic acids is 5. The van der Waals surface area contributed by atoms with Gasteiger partial charge in [-0.2, -0.15) is 4.90 Å². The third-order valence-electron chi connectivity index (χ3n) is 9.48. The molecule has 1 saturated carbocycles. The van der Waals surface area contributed by atoms with Crippen molar-refractivity contribution >= 4 is 35.4 Å². The van der Waals surface area contributed by atoms with Crippen molar-refractivity contribution in [3.63, 3.8) is 0 Å². The maximum atomic E-state index is 14.4. The van der Waals surface area contributed by atoms with E-state index in [1.807, 2.05) is 6.08 Å². The van der Waals surface area contributed by atoms with Crippen LogP contribution in [0.15, 0.2) is 54.1 Å². The molecule has 2 aliphatic carbocycles. The molecule has 0 radical (unpaired) electrons. The van der Waals surface area contributed by atoms with E-state index in [9.17, 15) is 29.1 Å². The molecule has 1 N–H and O–H groups in total. The average molecular weight is 575 g/mol. The summed E-state index contributed by atoms with van der Waals surface area (Å²) in [4.78, 5) is 69.5. The smallest absolute Gasteiger partial charge is 0.423 e. The molecule has 6 unspecified atom stereocenters. The molecule has 0 aromatic heterocycles. The van der Waals surface area contributed by atoms with E-state index >= 15 is 0 Å². The first-order valence-corrected chi connectivity index (χ1v) is 13.6. The van der Waals surface area contributed by atoms with Gasteiger partial charge in [0.1, 0.15) is 0 Å². The lowest BCUT2D eigenvalue weighted by atomic mass is 9.51. The van der Waals surface area contributed by atoms with Gasteiger partial charge in [0.25, 0.3) is 0 Å². The Hall–Kier alpha value is -4.67. The van der Waals surface area contributed by atoms with Crippen molar-refractivity contribution in [2.75, 3.05) is 26.2 Å². The normalized spacial score (nSPS) is 30.0. The Bertz CT molecular complexity index is 1540. The summed E-state index contributed by atoms with van der Waals surface area (Å²) in [5.74, 6) is -6.01. The number of hydrogen-bond donors (Lipinski definition) is 1. The molecule has 6 rings (SSSR count). The van der Waals surface area contributed by atoms with E-state index in [1.54, 1.807) is 49.4 Å². The number of methoxy groups -OCH3 is 3. The monoisotopic (exact) mass is 574 g/mol. The molecular formula is C31H30N2O9. The van der Waals surface area contributed by atoms with Crippen molar-refractivity contribution in [3.8, 4) is 17.2 Å². The molecule has 4 aliphatic rings. The van der Waals surface area contributed by atoms with Gasteiger partial charge in [0.05, 0.1) is 50.2 Å². The standard InChI is InChI=1S/C31H30N2O9/c1-31-20(27(36)32(29(31)38)16-8-6-5-7-9-16)14-19-17(24(31)15-12-21(40-2)25(34)22(13-15)41-3)10-11-18-23(19)28(37)33(26(18)35)30(39)42-4/h5-10,12-13,18-20,23-24,34H,11,14H2,1-4H3. The summed E-state index contributed by atoms with van der Waals surface area (Å²) < 4.78 is 15.6. The zero-order valence-corrected chi connectivity index (χ0v) is 23.5. The number of ether oxygens (including phenoxy) is 3. The number of hydrogen-bond acceptors (Lipinski definition) is 9. The number of fused-ring (bicyclic) bond motifs is 4. The third-order valence-corrected chi connectivity index (χ3v) is 9.48. The van der Waals surface area contributed by atoms with Crippen molar-refractivity contribution < 1.29 is 43.3 Å². The van der Waals surface area contributed by atoms with Gasteiger partial charge < -0.3 is 19.3 Å². The number of phenolic OH excluding ortho intramolecular Hbond substituents is 1. The largest absolute Gasteiger partial charge is 0.502 e. The van der Waals surface area contributed by atoms with E-state index in [1.165, 1.54) is 19.1 Å². The van der Waals surface area contributed by atoms with Crippen LogP contribution in [0, 0.1) is 29.1 Å². The summed E-state index contributed by atoms with van der Waals surface area (Å²) in [6.45, 7) is 1.75. The number of allylic oxidation sites excluding steroid dienone is 2. The van der Waals surface area contributed by atoms with E-state index in [0.29, 0.717) is 21.7 Å². The van der Waals surface area contributed by atoms with E-state index in [0.717, 1.165) is 7.11 Å². The van der Waals surface area contributed by atoms with Crippen LogP contribution in [-0.2, 0) is 23.9 Å². The molecular weight excluding hydrogens is 544 g/mol. The highest BCUT2D eigenvalue weighted by Crippen LogP contribution is 2.64. The molecule has 218 valence electrons. The van der Waals surface area contributed by atoms with Crippen molar-refractivity contribution in [2.24, 2.45) is 29.1 Å². The van der Waals surface area contributed by atoms with E-state index in [2.05, 4.69) is 0 Å². The molecule has 2 saturated heterocycles. The fraction of sp³-hybridized carbons (Fsp3) is 0.387. The molecule has 2 aromatic rings. The summed E-state index contributed by atoms with van der Waals surface area (Å²) in [5.41, 5.74) is 0.402. The van der Waals surface area contributed by atoms with Crippen molar-refractivity contribution in [3.05, 3.63) is 59.7 Å². The molecule has 6 atom stereocenters. The molecule has 0 bridgehead atoms. The summed E-state index contributed by atoms with van der Waals surface area (Å²) in [6.07, 6.45) is 1.11. The minimum Gasteiger partial charge on any atom is -0.502 e. The summed E-state index contributed by atoms with van der Waals surface area (Å²) in [7, 11) is 3.88. The van der Waals surface area contributed by atoms with Gasteiger partial charge in [0.2, 0.25) is 29.4 Å². The van der Waals surface area contributed by atoms with Gasteiger partial charge >= 0.3 is 6.09 Å². The molecule has 2 aliphatic heterocycles. The Morgan fingerprint density at radius 2 is 1.57 bits per heavy atom. The Morgan fingerprint density at radius 1 is 0.929 bits per heavy atom. The number of nitrogens with zero attached hydrogens (tertiary/aromatic N) is 2. The Balaban J connectivity index is 1.56. The van der Waals surface area contributed by atoms with Crippen molar-refractivity contribution in [1.29, 1.82) is 0 Å². The van der Waals surface area contributed by atoms with E-state index in [4.69, 9.17) is 14.2 Å². The fourth-order valence-corrected chi connectivity index (χ4v) is 7.57. The van der Waals surface area contributed by atoms with Gasteiger partial charge in [0, 0.05) is 5.92 Å². The number of rotatable bonds is 4. The van der Waals surface area contributed by atoms with E-state index < -0.39 is 64.7 Å². The predicted octanol–water partition coefficient (Wildman–Crippen LogP) is 3.41. The van der Waals surface area contributed by atoms with Crippen LogP contribution in [0.3, 0.4) is 0 Å². The second-order valence-electron chi connectivity index (χ2n) is 11.3. The van der Waals surface area contributed by atoms with Gasteiger partial charge in [-0.15, -0.1) is 0 Å². The van der Waals surface area contributed by atoms with Crippen LogP contribution in [0.1, 0.15) is 31.2 Å². The van der Waals surface area contributed by atoms with Gasteiger partial charge in [-0.25, -0.2) is 9.69 Å². The first-order chi connectivity index (χ1) is 20.1. The first-order valence-electron chi connectivity index (χ1n) is 13.6. The Labute approximate surface area is 241 Å². The molecule has 2 heterocycles. The second-order valence-corrected chi connectivity index (χ2v) is 11.3. The zero-order chi connectivity index (χ0) is 30.1. The molecule has 2 aromatic carbocycles. The molecule has 5 amide bonds. The van der Waals surface area contributed by atoms with Gasteiger partial charge in [-0.05, 0) is 55.5 Å². The number of likely N-dealkylation sites (tertiary alicyclic amines) is 1. The SMILES string of the molecule is COC(=O)N1C(=O)C2CC=C3C(CC4C(=O)N(c5ccccc5)C(=O)C4(C)C3c3cc(OC)c(O)c(OC)c3)C2C1=O. The van der Waals surface area contributed by atoms with Crippen molar-refractivity contribution in [2.45, 2.75) is 25.7 Å². The highest BCUT2D eigenvalue weighted by molar-refractivity contribution is 6.24. The number of carbonyl (C=O) groups is 5. The van der Waals surface area contributed by atoms with E-state index in [-0.39, 0.29) is 30.1 Å². The lowest BCUT2D eigenvalue weighted by Crippen LogP contribution is -2.49. The topological polar surface area (TPSA) is 140 Å². The van der Waals surface area contributed by atoms with Crippen molar-refractivity contribution in [1.82, 2.24) is 4.90 Å². The van der Waals surface area contributed by atoms with Crippen LogP contribution in [0.4, 0.5) is 10.5 Å². The van der Waals surface area contributed by atoms with Crippen LogP contribution >= 0.6 is 0 Å². The highest BCUT2D eigenvalue weighted by atomic mass is 16.5. The minimum absolute atomic E-state index is 0.113. The van der Waals surface area contributed by atoms with Gasteiger partial charge in [-0.3, -0.25) is 19.2 Å². The molecule has 0 spiro atoms. The minimum atomic E-state index is -1.29. The van der Waals surface area contributed by atoms with Crippen LogP contribution in [0.25, 0.3) is 0 Å². The predicted molar refractivity (Wildman–Crippen MR) is 147 cm³/mol. The van der Waals surface area contributed by atoms with Crippen LogP contribution < -0.4 is 14.4 Å². The number of para-hydroxylation sites is 1. The molecule has 11 heteroatoms. The zero-order valence-electron chi connectivity index (χ0n) is 23.5. The second kappa shape index (κ2) is 9.71. The Kier molecular flexibility index (Phi) is 6.36. The van der Waals surface area contributed by atoms with Gasteiger partial charge in [-0.1, -0.05) is 29.8 Å². The summed E-state index contributed by atoms with van der Waals surface area (Å²) >= 11 is 0. The first kappa shape index (κ1) is 27.5. The number of aromatic hydroxyl groups is 1. The summed E-state index contributed by atoms with van der Waals surface area (Å²) in [5, 5.41) is 10.6. The molecule has 11 nitrogen and oxygen atoms in total.